The summed E-state index contributed by atoms with van der Waals surface area (Å²) >= 11 is 0. The molecule has 0 saturated carbocycles. The molecule has 3 aromatic rings. The Bertz CT molecular complexity index is 1110. The summed E-state index contributed by atoms with van der Waals surface area (Å²) in [5.41, 5.74) is 2.99. The first-order chi connectivity index (χ1) is 15.4. The van der Waals surface area contributed by atoms with Crippen molar-refractivity contribution in [1.82, 2.24) is 9.62 Å². The normalized spacial score (nSPS) is 17.2. The first kappa shape index (κ1) is 22.2. The number of carbonyl (C=O) groups excluding carboxylic acids is 1. The maximum atomic E-state index is 13.3. The Kier molecular flexibility index (Phi) is 6.72. The Hall–Kier alpha value is -2.96. The molecular formula is C26H28N2O3S. The van der Waals surface area contributed by atoms with Gasteiger partial charge in [-0.15, -0.1) is 0 Å². The van der Waals surface area contributed by atoms with Crippen LogP contribution in [0.5, 0.6) is 0 Å². The molecule has 6 heteroatoms. The highest BCUT2D eigenvalue weighted by Gasteiger charge is 2.34. The van der Waals surface area contributed by atoms with Crippen molar-refractivity contribution >= 4 is 15.9 Å². The molecule has 5 nitrogen and oxygen atoms in total. The predicted octanol–water partition coefficient (Wildman–Crippen LogP) is 4.30. The molecule has 166 valence electrons. The van der Waals surface area contributed by atoms with Crippen LogP contribution in [0.2, 0.25) is 0 Å². The maximum absolute atomic E-state index is 13.3. The van der Waals surface area contributed by atoms with Crippen molar-refractivity contribution in [3.63, 3.8) is 0 Å². The van der Waals surface area contributed by atoms with Gasteiger partial charge in [0, 0.05) is 13.1 Å². The molecule has 1 amide bonds. The van der Waals surface area contributed by atoms with E-state index in [1.807, 2.05) is 67.6 Å². The van der Waals surface area contributed by atoms with Gasteiger partial charge in [0.05, 0.1) is 16.9 Å². The SMILES string of the molecule is Cc1ccc(S(=O)(=O)N2CCC[C@H](C(=O)NC(c3ccccc3)c3ccccc3)C2)cc1. The number of hydrogen-bond acceptors (Lipinski definition) is 3. The minimum atomic E-state index is -3.62. The van der Waals surface area contributed by atoms with Gasteiger partial charge >= 0.3 is 0 Å². The zero-order chi connectivity index (χ0) is 22.6. The average molecular weight is 449 g/mol. The lowest BCUT2D eigenvalue weighted by Crippen LogP contribution is -2.46. The van der Waals surface area contributed by atoms with Crippen LogP contribution in [0.25, 0.3) is 0 Å². The molecule has 1 N–H and O–H groups in total. The third-order valence-corrected chi connectivity index (χ3v) is 7.85. The molecule has 1 heterocycles. The zero-order valence-electron chi connectivity index (χ0n) is 18.1. The number of nitrogens with one attached hydrogen (secondary N) is 1. The molecule has 0 unspecified atom stereocenters. The van der Waals surface area contributed by atoms with E-state index in [-0.39, 0.29) is 29.3 Å². The van der Waals surface area contributed by atoms with Crippen molar-refractivity contribution in [3.8, 4) is 0 Å². The van der Waals surface area contributed by atoms with Gasteiger partial charge in [0.25, 0.3) is 0 Å². The third-order valence-electron chi connectivity index (χ3n) is 5.97. The van der Waals surface area contributed by atoms with Gasteiger partial charge in [-0.2, -0.15) is 4.31 Å². The van der Waals surface area contributed by atoms with Gasteiger partial charge < -0.3 is 5.32 Å². The molecule has 0 spiro atoms. The molecule has 0 radical (unpaired) electrons. The number of carbonyl (C=O) groups is 1. The molecule has 0 bridgehead atoms. The summed E-state index contributed by atoms with van der Waals surface area (Å²) in [6, 6.07) is 26.3. The van der Waals surface area contributed by atoms with Crippen LogP contribution in [0, 0.1) is 12.8 Å². The molecule has 0 aromatic heterocycles. The van der Waals surface area contributed by atoms with Gasteiger partial charge in [-0.25, -0.2) is 8.42 Å². The lowest BCUT2D eigenvalue weighted by molar-refractivity contribution is -0.126. The number of amides is 1. The largest absolute Gasteiger partial charge is 0.345 e. The summed E-state index contributed by atoms with van der Waals surface area (Å²) in [5, 5.41) is 3.18. The summed E-state index contributed by atoms with van der Waals surface area (Å²) in [5.74, 6) is -0.509. The molecule has 1 atom stereocenters. The van der Waals surface area contributed by atoms with Crippen molar-refractivity contribution in [2.24, 2.45) is 5.92 Å². The summed E-state index contributed by atoms with van der Waals surface area (Å²) < 4.78 is 27.7. The van der Waals surface area contributed by atoms with E-state index < -0.39 is 10.0 Å². The quantitative estimate of drug-likeness (QED) is 0.611. The van der Waals surface area contributed by atoms with E-state index in [0.29, 0.717) is 19.4 Å². The van der Waals surface area contributed by atoms with Crippen LogP contribution in [-0.2, 0) is 14.8 Å². The van der Waals surface area contributed by atoms with Gasteiger partial charge in [-0.05, 0) is 43.0 Å². The predicted molar refractivity (Wildman–Crippen MR) is 126 cm³/mol. The second-order valence-electron chi connectivity index (χ2n) is 8.28. The van der Waals surface area contributed by atoms with Crippen LogP contribution in [0.15, 0.2) is 89.8 Å². The molecule has 32 heavy (non-hydrogen) atoms. The fourth-order valence-corrected chi connectivity index (χ4v) is 5.67. The van der Waals surface area contributed by atoms with E-state index in [9.17, 15) is 13.2 Å². The van der Waals surface area contributed by atoms with Gasteiger partial charge in [0.2, 0.25) is 15.9 Å². The minimum Gasteiger partial charge on any atom is -0.345 e. The van der Waals surface area contributed by atoms with Crippen molar-refractivity contribution in [3.05, 3.63) is 102 Å². The van der Waals surface area contributed by atoms with Crippen LogP contribution >= 0.6 is 0 Å². The average Bonchev–Trinajstić information content (AvgIpc) is 2.84. The van der Waals surface area contributed by atoms with Gasteiger partial charge in [0.1, 0.15) is 0 Å². The van der Waals surface area contributed by atoms with E-state index in [4.69, 9.17) is 0 Å². The highest BCUT2D eigenvalue weighted by atomic mass is 32.2. The topological polar surface area (TPSA) is 66.5 Å². The maximum Gasteiger partial charge on any atom is 0.243 e. The highest BCUT2D eigenvalue weighted by Crippen LogP contribution is 2.27. The summed E-state index contributed by atoms with van der Waals surface area (Å²) in [6.07, 6.45) is 1.33. The molecular weight excluding hydrogens is 420 g/mol. The molecule has 1 saturated heterocycles. The van der Waals surface area contributed by atoms with Crippen molar-refractivity contribution in [2.75, 3.05) is 13.1 Å². The minimum absolute atomic E-state index is 0.119. The molecule has 3 aromatic carbocycles. The standard InChI is InChI=1S/C26H28N2O3S/c1-20-14-16-24(17-15-20)32(30,31)28-18-8-13-23(19-28)26(29)27-25(21-9-4-2-5-10-21)22-11-6-3-7-12-22/h2-7,9-12,14-17,23,25H,8,13,18-19H2,1H3,(H,27,29)/t23-/m0/s1. The zero-order valence-corrected chi connectivity index (χ0v) is 19.0. The van der Waals surface area contributed by atoms with Crippen LogP contribution in [0.3, 0.4) is 0 Å². The van der Waals surface area contributed by atoms with Gasteiger partial charge in [-0.3, -0.25) is 4.79 Å². The number of benzene rings is 3. The number of piperidine rings is 1. The van der Waals surface area contributed by atoms with Crippen LogP contribution in [0.1, 0.15) is 35.6 Å². The third kappa shape index (κ3) is 4.92. The molecule has 1 aliphatic heterocycles. The lowest BCUT2D eigenvalue weighted by Gasteiger charge is -2.32. The fourth-order valence-electron chi connectivity index (χ4n) is 4.14. The Balaban J connectivity index is 1.52. The van der Waals surface area contributed by atoms with Crippen LogP contribution in [-0.4, -0.2) is 31.7 Å². The second kappa shape index (κ2) is 9.67. The Morgan fingerprint density at radius 1 is 0.906 bits per heavy atom. The number of hydrogen-bond donors (Lipinski definition) is 1. The number of nitrogens with zero attached hydrogens (tertiary/aromatic N) is 1. The number of rotatable bonds is 6. The second-order valence-corrected chi connectivity index (χ2v) is 10.2. The van der Waals surface area contributed by atoms with Gasteiger partial charge in [-0.1, -0.05) is 78.4 Å². The Morgan fingerprint density at radius 2 is 1.47 bits per heavy atom. The molecule has 4 rings (SSSR count). The monoisotopic (exact) mass is 448 g/mol. The van der Waals surface area contributed by atoms with Crippen molar-refractivity contribution in [1.29, 1.82) is 0 Å². The fraction of sp³-hybridized carbons (Fsp3) is 0.269. The van der Waals surface area contributed by atoms with Crippen LogP contribution in [0.4, 0.5) is 0 Å². The first-order valence-corrected chi connectivity index (χ1v) is 12.4. The summed E-state index contributed by atoms with van der Waals surface area (Å²) in [6.45, 7) is 2.55. The van der Waals surface area contributed by atoms with E-state index in [2.05, 4.69) is 5.32 Å². The van der Waals surface area contributed by atoms with Crippen molar-refractivity contribution in [2.45, 2.75) is 30.7 Å². The summed E-state index contributed by atoms with van der Waals surface area (Å²) in [7, 11) is -3.62. The number of sulfonamides is 1. The molecule has 1 aliphatic rings. The van der Waals surface area contributed by atoms with Crippen LogP contribution < -0.4 is 5.32 Å². The van der Waals surface area contributed by atoms with E-state index in [0.717, 1.165) is 16.7 Å². The van der Waals surface area contributed by atoms with Crippen molar-refractivity contribution < 1.29 is 13.2 Å². The van der Waals surface area contributed by atoms with E-state index >= 15 is 0 Å². The highest BCUT2D eigenvalue weighted by molar-refractivity contribution is 7.89. The van der Waals surface area contributed by atoms with E-state index in [1.165, 1.54) is 4.31 Å². The first-order valence-electron chi connectivity index (χ1n) is 10.9. The Labute approximate surface area is 190 Å². The number of aryl methyl sites for hydroxylation is 1. The molecule has 1 fully saturated rings. The smallest absolute Gasteiger partial charge is 0.243 e. The molecule has 0 aliphatic carbocycles. The summed E-state index contributed by atoms with van der Waals surface area (Å²) in [4.78, 5) is 13.5. The van der Waals surface area contributed by atoms with E-state index in [1.54, 1.807) is 24.3 Å². The van der Waals surface area contributed by atoms with Gasteiger partial charge in [0.15, 0.2) is 0 Å². The lowest BCUT2D eigenvalue weighted by atomic mass is 9.95. The Morgan fingerprint density at radius 3 is 2.03 bits per heavy atom.